The molecule has 0 fully saturated rings. The summed E-state index contributed by atoms with van der Waals surface area (Å²) >= 11 is 6.28. The summed E-state index contributed by atoms with van der Waals surface area (Å²) in [4.78, 5) is 0. The van der Waals surface area contributed by atoms with Gasteiger partial charge in [-0.05, 0) is 30.2 Å². The van der Waals surface area contributed by atoms with E-state index >= 15 is 0 Å². The number of nitrogens with zero attached hydrogens (tertiary/aromatic N) is 2. The fraction of sp³-hybridized carbons (Fsp3) is 0.438. The summed E-state index contributed by atoms with van der Waals surface area (Å²) in [6.45, 7) is 8.14. The van der Waals surface area contributed by atoms with Gasteiger partial charge < -0.3 is 5.32 Å². The molecule has 1 heterocycles. The van der Waals surface area contributed by atoms with Crippen LogP contribution in [0, 0.1) is 0 Å². The summed E-state index contributed by atoms with van der Waals surface area (Å²) < 4.78 is 2.04. The van der Waals surface area contributed by atoms with Crippen LogP contribution in [-0.4, -0.2) is 15.8 Å². The van der Waals surface area contributed by atoms with Crippen molar-refractivity contribution in [2.24, 2.45) is 0 Å². The van der Waals surface area contributed by atoms with Crippen molar-refractivity contribution in [1.82, 2.24) is 15.1 Å². The smallest absolute Gasteiger partial charge is 0.0682 e. The molecule has 3 nitrogen and oxygen atoms in total. The number of hydrogen-bond donors (Lipinski definition) is 1. The second-order valence-electron chi connectivity index (χ2n) is 5.28. The molecule has 0 unspecified atom stereocenters. The quantitative estimate of drug-likeness (QED) is 0.868. The zero-order chi connectivity index (χ0) is 14.5. The van der Waals surface area contributed by atoms with Gasteiger partial charge in [-0.15, -0.1) is 0 Å². The highest BCUT2D eigenvalue weighted by molar-refractivity contribution is 6.31. The Morgan fingerprint density at radius 2 is 2.10 bits per heavy atom. The molecule has 1 N–H and O–H groups in total. The number of benzene rings is 1. The molecule has 0 spiro atoms. The summed E-state index contributed by atoms with van der Waals surface area (Å²) in [6, 6.07) is 8.68. The normalized spacial score (nSPS) is 11.2. The second kappa shape index (κ2) is 6.91. The van der Waals surface area contributed by atoms with Crippen LogP contribution < -0.4 is 5.32 Å². The maximum Gasteiger partial charge on any atom is 0.0682 e. The van der Waals surface area contributed by atoms with E-state index in [-0.39, 0.29) is 0 Å². The summed E-state index contributed by atoms with van der Waals surface area (Å²) in [5.74, 6) is 0. The van der Waals surface area contributed by atoms with Crippen molar-refractivity contribution in [3.05, 3.63) is 41.0 Å². The Labute approximate surface area is 126 Å². The first kappa shape index (κ1) is 15.1. The van der Waals surface area contributed by atoms with Gasteiger partial charge in [-0.2, -0.15) is 5.10 Å². The largest absolute Gasteiger partial charge is 0.310 e. The van der Waals surface area contributed by atoms with Crippen molar-refractivity contribution in [3.8, 4) is 11.3 Å². The Balaban J connectivity index is 2.28. The molecule has 108 valence electrons. The number of hydrogen-bond acceptors (Lipinski definition) is 2. The summed E-state index contributed by atoms with van der Waals surface area (Å²) in [5.41, 5.74) is 3.44. The molecule has 0 aliphatic rings. The van der Waals surface area contributed by atoms with Crippen LogP contribution in [-0.2, 0) is 13.1 Å². The SMILES string of the molecule is CCCn1nccc1-c1ccc(Cl)c(CNC(C)C)c1. The molecule has 20 heavy (non-hydrogen) atoms. The highest BCUT2D eigenvalue weighted by Gasteiger charge is 2.08. The van der Waals surface area contributed by atoms with E-state index in [9.17, 15) is 0 Å². The van der Waals surface area contributed by atoms with Crippen LogP contribution in [0.25, 0.3) is 11.3 Å². The molecule has 0 aliphatic heterocycles. The first-order chi connectivity index (χ1) is 9.61. The molecular formula is C16H22ClN3. The van der Waals surface area contributed by atoms with Gasteiger partial charge in [0.05, 0.1) is 5.69 Å². The summed E-state index contributed by atoms with van der Waals surface area (Å²) in [7, 11) is 0. The minimum atomic E-state index is 0.445. The molecule has 0 atom stereocenters. The molecule has 0 bridgehead atoms. The van der Waals surface area contributed by atoms with Gasteiger partial charge in [-0.1, -0.05) is 38.4 Å². The van der Waals surface area contributed by atoms with Gasteiger partial charge in [0.1, 0.15) is 0 Å². The standard InChI is InChI=1S/C16H22ClN3/c1-4-9-20-16(7-8-19-20)13-5-6-15(17)14(10-13)11-18-12(2)3/h5-8,10,12,18H,4,9,11H2,1-3H3. The van der Waals surface area contributed by atoms with Gasteiger partial charge in [0.25, 0.3) is 0 Å². The average Bonchev–Trinajstić information content (AvgIpc) is 2.86. The molecule has 4 heteroatoms. The predicted molar refractivity (Wildman–Crippen MR) is 84.9 cm³/mol. The lowest BCUT2D eigenvalue weighted by Crippen LogP contribution is -2.22. The van der Waals surface area contributed by atoms with E-state index in [1.165, 1.54) is 5.56 Å². The van der Waals surface area contributed by atoms with E-state index in [0.29, 0.717) is 6.04 Å². The number of aromatic nitrogens is 2. The van der Waals surface area contributed by atoms with Crippen molar-refractivity contribution < 1.29 is 0 Å². The summed E-state index contributed by atoms with van der Waals surface area (Å²) in [6.07, 6.45) is 2.93. The number of halogens is 1. The monoisotopic (exact) mass is 291 g/mol. The third kappa shape index (κ3) is 3.62. The average molecular weight is 292 g/mol. The Morgan fingerprint density at radius 1 is 1.30 bits per heavy atom. The van der Waals surface area contributed by atoms with E-state index in [1.54, 1.807) is 0 Å². The predicted octanol–water partition coefficient (Wildman–Crippen LogP) is 4.11. The number of rotatable bonds is 6. The molecular weight excluding hydrogens is 270 g/mol. The van der Waals surface area contributed by atoms with Gasteiger partial charge in [-0.3, -0.25) is 4.68 Å². The molecule has 0 aliphatic carbocycles. The van der Waals surface area contributed by atoms with Crippen LogP contribution in [0.3, 0.4) is 0 Å². The highest BCUT2D eigenvalue weighted by atomic mass is 35.5. The van der Waals surface area contributed by atoms with E-state index < -0.39 is 0 Å². The Bertz CT molecular complexity index is 561. The van der Waals surface area contributed by atoms with Crippen molar-refractivity contribution in [3.63, 3.8) is 0 Å². The zero-order valence-corrected chi connectivity index (χ0v) is 13.1. The van der Waals surface area contributed by atoms with E-state index in [4.69, 9.17) is 11.6 Å². The van der Waals surface area contributed by atoms with Crippen molar-refractivity contribution in [1.29, 1.82) is 0 Å². The van der Waals surface area contributed by atoms with E-state index in [0.717, 1.165) is 35.8 Å². The van der Waals surface area contributed by atoms with Crippen LogP contribution >= 0.6 is 11.6 Å². The lowest BCUT2D eigenvalue weighted by atomic mass is 10.1. The molecule has 2 rings (SSSR count). The maximum atomic E-state index is 6.28. The van der Waals surface area contributed by atoms with Crippen LogP contribution in [0.15, 0.2) is 30.5 Å². The van der Waals surface area contributed by atoms with Crippen LogP contribution in [0.2, 0.25) is 5.02 Å². The summed E-state index contributed by atoms with van der Waals surface area (Å²) in [5, 5.41) is 8.59. The minimum absolute atomic E-state index is 0.445. The molecule has 0 amide bonds. The lowest BCUT2D eigenvalue weighted by Gasteiger charge is -2.12. The third-order valence-electron chi connectivity index (χ3n) is 3.19. The van der Waals surface area contributed by atoms with Gasteiger partial charge in [0, 0.05) is 35.9 Å². The van der Waals surface area contributed by atoms with Crippen molar-refractivity contribution >= 4 is 11.6 Å². The molecule has 2 aromatic rings. The first-order valence-corrected chi connectivity index (χ1v) is 7.53. The fourth-order valence-electron chi connectivity index (χ4n) is 2.15. The Kier molecular flexibility index (Phi) is 5.21. The zero-order valence-electron chi connectivity index (χ0n) is 12.4. The highest BCUT2D eigenvalue weighted by Crippen LogP contribution is 2.25. The minimum Gasteiger partial charge on any atom is -0.310 e. The van der Waals surface area contributed by atoms with E-state index in [1.807, 2.05) is 16.9 Å². The molecule has 0 saturated heterocycles. The van der Waals surface area contributed by atoms with Gasteiger partial charge >= 0.3 is 0 Å². The molecule has 1 aromatic heterocycles. The maximum absolute atomic E-state index is 6.28. The number of aryl methyl sites for hydroxylation is 1. The third-order valence-corrected chi connectivity index (χ3v) is 3.56. The van der Waals surface area contributed by atoms with Gasteiger partial charge in [0.15, 0.2) is 0 Å². The molecule has 1 aromatic carbocycles. The first-order valence-electron chi connectivity index (χ1n) is 7.15. The molecule has 0 radical (unpaired) electrons. The molecule has 0 saturated carbocycles. The van der Waals surface area contributed by atoms with E-state index in [2.05, 4.69) is 49.4 Å². The van der Waals surface area contributed by atoms with Gasteiger partial charge in [-0.25, -0.2) is 0 Å². The fourth-order valence-corrected chi connectivity index (χ4v) is 2.34. The Hall–Kier alpha value is -1.32. The lowest BCUT2D eigenvalue weighted by molar-refractivity contribution is 0.588. The number of nitrogens with one attached hydrogen (secondary N) is 1. The van der Waals surface area contributed by atoms with Crippen LogP contribution in [0.4, 0.5) is 0 Å². The Morgan fingerprint density at radius 3 is 2.80 bits per heavy atom. The topological polar surface area (TPSA) is 29.9 Å². The van der Waals surface area contributed by atoms with Crippen molar-refractivity contribution in [2.75, 3.05) is 0 Å². The second-order valence-corrected chi connectivity index (χ2v) is 5.69. The van der Waals surface area contributed by atoms with Gasteiger partial charge in [0.2, 0.25) is 0 Å². The van der Waals surface area contributed by atoms with Crippen LogP contribution in [0.5, 0.6) is 0 Å². The van der Waals surface area contributed by atoms with Crippen molar-refractivity contribution in [2.45, 2.75) is 46.3 Å². The van der Waals surface area contributed by atoms with Crippen LogP contribution in [0.1, 0.15) is 32.8 Å².